The standard InChI is InChI=1S/C20H25BN2O3/c1-15-7-8-17-9-10-23(13-18(17)11-15)14-20(24)22-19(21(25)26)12-16-5-3-2-4-6-16/h2-8,11,19,25-26H,9-10,12-14H2,1H3,(H,22,24). The van der Waals surface area contributed by atoms with Crippen molar-refractivity contribution in [1.29, 1.82) is 0 Å². The van der Waals surface area contributed by atoms with Gasteiger partial charge in [0.05, 0.1) is 12.5 Å². The fraction of sp³-hybridized carbons (Fsp3) is 0.350. The summed E-state index contributed by atoms with van der Waals surface area (Å²) in [6.07, 6.45) is 1.31. The maximum absolute atomic E-state index is 12.4. The van der Waals surface area contributed by atoms with E-state index in [0.29, 0.717) is 6.42 Å². The summed E-state index contributed by atoms with van der Waals surface area (Å²) in [5.74, 6) is -0.903. The van der Waals surface area contributed by atoms with E-state index < -0.39 is 13.1 Å². The molecule has 2 aromatic carbocycles. The molecular formula is C20H25BN2O3. The molecule has 2 aromatic rings. The van der Waals surface area contributed by atoms with E-state index in [2.05, 4.69) is 35.3 Å². The smallest absolute Gasteiger partial charge is 0.426 e. The lowest BCUT2D eigenvalue weighted by atomic mass is 9.76. The number of aryl methyl sites for hydroxylation is 1. The van der Waals surface area contributed by atoms with Gasteiger partial charge in [0, 0.05) is 13.1 Å². The molecule has 5 nitrogen and oxygen atoms in total. The number of carbonyl (C=O) groups excluding carboxylic acids is 1. The molecule has 1 aliphatic rings. The zero-order chi connectivity index (χ0) is 18.5. The molecule has 0 radical (unpaired) electrons. The van der Waals surface area contributed by atoms with E-state index in [0.717, 1.165) is 25.1 Å². The van der Waals surface area contributed by atoms with Crippen LogP contribution in [0, 0.1) is 6.92 Å². The first kappa shape index (κ1) is 18.6. The van der Waals surface area contributed by atoms with Gasteiger partial charge in [0.15, 0.2) is 0 Å². The van der Waals surface area contributed by atoms with Gasteiger partial charge in [-0.2, -0.15) is 0 Å². The quantitative estimate of drug-likeness (QED) is 0.681. The van der Waals surface area contributed by atoms with Crippen molar-refractivity contribution in [3.05, 3.63) is 70.8 Å². The van der Waals surface area contributed by atoms with Gasteiger partial charge in [-0.05, 0) is 36.5 Å². The van der Waals surface area contributed by atoms with Crippen molar-refractivity contribution in [3.8, 4) is 0 Å². The Morgan fingerprint density at radius 2 is 1.96 bits per heavy atom. The second kappa shape index (κ2) is 8.49. The first-order valence-electron chi connectivity index (χ1n) is 9.01. The van der Waals surface area contributed by atoms with E-state index in [4.69, 9.17) is 0 Å². The molecule has 0 saturated carbocycles. The summed E-state index contributed by atoms with van der Waals surface area (Å²) in [7, 11) is -1.59. The summed E-state index contributed by atoms with van der Waals surface area (Å²) < 4.78 is 0. The maximum Gasteiger partial charge on any atom is 0.475 e. The highest BCUT2D eigenvalue weighted by molar-refractivity contribution is 6.43. The van der Waals surface area contributed by atoms with Gasteiger partial charge in [-0.3, -0.25) is 9.69 Å². The Balaban J connectivity index is 1.57. The number of nitrogens with zero attached hydrogens (tertiary/aromatic N) is 1. The average Bonchev–Trinajstić information content (AvgIpc) is 2.61. The molecule has 0 fully saturated rings. The molecule has 0 bridgehead atoms. The Bertz CT molecular complexity index is 752. The van der Waals surface area contributed by atoms with E-state index >= 15 is 0 Å². The summed E-state index contributed by atoms with van der Waals surface area (Å²) >= 11 is 0. The van der Waals surface area contributed by atoms with Crippen molar-refractivity contribution in [3.63, 3.8) is 0 Å². The second-order valence-corrected chi connectivity index (χ2v) is 7.01. The summed E-state index contributed by atoms with van der Waals surface area (Å²) in [4.78, 5) is 14.5. The van der Waals surface area contributed by atoms with Gasteiger partial charge in [-0.1, -0.05) is 54.1 Å². The molecule has 1 unspecified atom stereocenters. The van der Waals surface area contributed by atoms with Crippen molar-refractivity contribution < 1.29 is 14.8 Å². The predicted molar refractivity (Wildman–Crippen MR) is 102 cm³/mol. The number of amides is 1. The third kappa shape index (κ3) is 4.94. The first-order valence-corrected chi connectivity index (χ1v) is 9.01. The van der Waals surface area contributed by atoms with Crippen LogP contribution in [0.25, 0.3) is 0 Å². The molecule has 136 valence electrons. The Morgan fingerprint density at radius 1 is 1.19 bits per heavy atom. The number of nitrogens with one attached hydrogen (secondary N) is 1. The number of hydrogen-bond acceptors (Lipinski definition) is 4. The Labute approximate surface area is 154 Å². The van der Waals surface area contributed by atoms with E-state index in [1.54, 1.807) is 0 Å². The van der Waals surface area contributed by atoms with Crippen LogP contribution in [0.15, 0.2) is 48.5 Å². The van der Waals surface area contributed by atoms with Crippen molar-refractivity contribution in [2.45, 2.75) is 32.3 Å². The lowest BCUT2D eigenvalue weighted by Gasteiger charge is -2.29. The fourth-order valence-electron chi connectivity index (χ4n) is 3.43. The van der Waals surface area contributed by atoms with E-state index in [-0.39, 0.29) is 12.5 Å². The Morgan fingerprint density at radius 3 is 2.69 bits per heavy atom. The van der Waals surface area contributed by atoms with Gasteiger partial charge in [0.1, 0.15) is 0 Å². The van der Waals surface area contributed by atoms with Crippen LogP contribution in [0.2, 0.25) is 0 Å². The highest BCUT2D eigenvalue weighted by Crippen LogP contribution is 2.20. The van der Waals surface area contributed by atoms with Crippen LogP contribution >= 0.6 is 0 Å². The maximum atomic E-state index is 12.4. The number of carbonyl (C=O) groups is 1. The van der Waals surface area contributed by atoms with Gasteiger partial charge >= 0.3 is 7.12 Å². The molecule has 0 saturated heterocycles. The van der Waals surface area contributed by atoms with Crippen LogP contribution in [0.3, 0.4) is 0 Å². The average molecular weight is 352 g/mol. The highest BCUT2D eigenvalue weighted by atomic mass is 16.4. The van der Waals surface area contributed by atoms with Gasteiger partial charge in [0.2, 0.25) is 5.91 Å². The second-order valence-electron chi connectivity index (χ2n) is 7.01. The van der Waals surface area contributed by atoms with Crippen LogP contribution in [-0.2, 0) is 24.2 Å². The molecule has 0 aromatic heterocycles. The lowest BCUT2D eigenvalue weighted by Crippen LogP contribution is -2.51. The molecule has 6 heteroatoms. The number of hydrogen-bond donors (Lipinski definition) is 3. The molecule has 1 aliphatic heterocycles. The zero-order valence-corrected chi connectivity index (χ0v) is 15.1. The molecule has 1 heterocycles. The van der Waals surface area contributed by atoms with Crippen molar-refractivity contribution in [1.82, 2.24) is 10.2 Å². The zero-order valence-electron chi connectivity index (χ0n) is 15.1. The van der Waals surface area contributed by atoms with Crippen molar-refractivity contribution in [2.24, 2.45) is 0 Å². The topological polar surface area (TPSA) is 72.8 Å². The van der Waals surface area contributed by atoms with E-state index in [1.807, 2.05) is 30.3 Å². The summed E-state index contributed by atoms with van der Waals surface area (Å²) in [6.45, 7) is 3.90. The fourth-order valence-corrected chi connectivity index (χ4v) is 3.43. The third-order valence-electron chi connectivity index (χ3n) is 4.83. The molecule has 0 aliphatic carbocycles. The van der Waals surface area contributed by atoms with Crippen LogP contribution in [0.5, 0.6) is 0 Å². The van der Waals surface area contributed by atoms with Gasteiger partial charge in [-0.15, -0.1) is 0 Å². The molecular weight excluding hydrogens is 327 g/mol. The van der Waals surface area contributed by atoms with Gasteiger partial charge in [0.25, 0.3) is 0 Å². The molecule has 26 heavy (non-hydrogen) atoms. The minimum absolute atomic E-state index is 0.185. The number of benzene rings is 2. The van der Waals surface area contributed by atoms with Gasteiger partial charge in [-0.25, -0.2) is 0 Å². The summed E-state index contributed by atoms with van der Waals surface area (Å²) in [5.41, 5.74) is 4.79. The van der Waals surface area contributed by atoms with Crippen LogP contribution in [-0.4, -0.2) is 47.0 Å². The molecule has 3 rings (SSSR count). The SMILES string of the molecule is Cc1ccc2c(c1)CN(CC(=O)NC(Cc1ccccc1)B(O)O)CC2. The third-order valence-corrected chi connectivity index (χ3v) is 4.83. The molecule has 1 atom stereocenters. The molecule has 1 amide bonds. The normalized spacial score (nSPS) is 15.2. The largest absolute Gasteiger partial charge is 0.475 e. The summed E-state index contributed by atoms with van der Waals surface area (Å²) in [5, 5.41) is 22.0. The Hall–Kier alpha value is -2.15. The summed E-state index contributed by atoms with van der Waals surface area (Å²) in [6, 6.07) is 16.0. The van der Waals surface area contributed by atoms with E-state index in [1.165, 1.54) is 16.7 Å². The number of rotatable bonds is 6. The van der Waals surface area contributed by atoms with E-state index in [9.17, 15) is 14.8 Å². The lowest BCUT2D eigenvalue weighted by molar-refractivity contribution is -0.122. The van der Waals surface area contributed by atoms with Crippen LogP contribution in [0.1, 0.15) is 22.3 Å². The minimum Gasteiger partial charge on any atom is -0.426 e. The van der Waals surface area contributed by atoms with Crippen LogP contribution in [0.4, 0.5) is 0 Å². The van der Waals surface area contributed by atoms with Gasteiger partial charge < -0.3 is 15.4 Å². The van der Waals surface area contributed by atoms with Crippen LogP contribution < -0.4 is 5.32 Å². The monoisotopic (exact) mass is 352 g/mol. The minimum atomic E-state index is -1.59. The molecule has 0 spiro atoms. The van der Waals surface area contributed by atoms with Crippen molar-refractivity contribution >= 4 is 13.0 Å². The highest BCUT2D eigenvalue weighted by Gasteiger charge is 2.27. The molecule has 3 N–H and O–H groups in total. The Kier molecular flexibility index (Phi) is 6.09. The first-order chi connectivity index (χ1) is 12.5. The number of fused-ring (bicyclic) bond motifs is 1. The van der Waals surface area contributed by atoms with Crippen molar-refractivity contribution in [2.75, 3.05) is 13.1 Å². The predicted octanol–water partition coefficient (Wildman–Crippen LogP) is 1.09.